The number of terminal acetylenes is 1. The monoisotopic (exact) mass is 266 g/mol. The lowest BCUT2D eigenvalue weighted by Crippen LogP contribution is -2.33. The van der Waals surface area contributed by atoms with Crippen LogP contribution < -0.4 is 14.8 Å². The van der Waals surface area contributed by atoms with E-state index in [1.54, 1.807) is 19.1 Å². The minimum atomic E-state index is -3.51. The summed E-state index contributed by atoms with van der Waals surface area (Å²) in [6.45, 7) is 2.42. The summed E-state index contributed by atoms with van der Waals surface area (Å²) in [7, 11) is -3.51. The van der Waals surface area contributed by atoms with E-state index in [9.17, 15) is 8.42 Å². The van der Waals surface area contributed by atoms with E-state index in [1.807, 2.05) is 0 Å². The summed E-state index contributed by atoms with van der Waals surface area (Å²) in [6.07, 6.45) is 5.15. The number of ether oxygens (including phenoxy) is 1. The Labute approximate surface area is 107 Å². The molecule has 0 radical (unpaired) electrons. The highest BCUT2D eigenvalue weighted by Crippen LogP contribution is 2.29. The zero-order chi connectivity index (χ0) is 13.2. The highest BCUT2D eigenvalue weighted by atomic mass is 32.2. The van der Waals surface area contributed by atoms with Crippen molar-refractivity contribution in [2.45, 2.75) is 17.9 Å². The van der Waals surface area contributed by atoms with Crippen LogP contribution in [0.15, 0.2) is 23.1 Å². The molecule has 1 atom stereocenters. The third-order valence-electron chi connectivity index (χ3n) is 2.47. The van der Waals surface area contributed by atoms with Gasteiger partial charge in [0.15, 0.2) is 0 Å². The van der Waals surface area contributed by atoms with E-state index in [0.29, 0.717) is 18.9 Å². The number of nitrogens with one attached hydrogen (secondary N) is 2. The third kappa shape index (κ3) is 2.58. The van der Waals surface area contributed by atoms with Crippen molar-refractivity contribution < 1.29 is 13.2 Å². The zero-order valence-corrected chi connectivity index (χ0v) is 10.8. The van der Waals surface area contributed by atoms with Gasteiger partial charge in [0.05, 0.1) is 12.6 Å². The van der Waals surface area contributed by atoms with Gasteiger partial charge in [-0.05, 0) is 19.1 Å². The maximum atomic E-state index is 12.0. The molecule has 1 aliphatic rings. The lowest BCUT2D eigenvalue weighted by Gasteiger charge is -2.09. The van der Waals surface area contributed by atoms with Gasteiger partial charge in [-0.1, -0.05) is 5.92 Å². The zero-order valence-electron chi connectivity index (χ0n) is 9.93. The van der Waals surface area contributed by atoms with Gasteiger partial charge in [-0.15, -0.1) is 6.42 Å². The molecule has 6 heteroatoms. The largest absolute Gasteiger partial charge is 0.490 e. The molecule has 0 amide bonds. The van der Waals surface area contributed by atoms with Crippen molar-refractivity contribution in [3.63, 3.8) is 0 Å². The topological polar surface area (TPSA) is 67.4 Å². The second-order valence-corrected chi connectivity index (χ2v) is 5.73. The van der Waals surface area contributed by atoms with Crippen LogP contribution in [-0.2, 0) is 10.0 Å². The van der Waals surface area contributed by atoms with Gasteiger partial charge in [-0.25, -0.2) is 13.1 Å². The number of benzene rings is 1. The number of anilines is 1. The molecular formula is C12H14N2O3S. The molecule has 5 nitrogen and oxygen atoms in total. The lowest BCUT2D eigenvalue weighted by atomic mass is 10.3. The molecule has 1 aromatic rings. The molecule has 1 aliphatic heterocycles. The summed E-state index contributed by atoms with van der Waals surface area (Å²) in [6, 6.07) is 4.55. The van der Waals surface area contributed by atoms with Crippen molar-refractivity contribution in [1.29, 1.82) is 0 Å². The summed E-state index contributed by atoms with van der Waals surface area (Å²) in [5.74, 6) is 2.79. The molecule has 0 fully saturated rings. The third-order valence-corrected chi connectivity index (χ3v) is 4.10. The Hall–Kier alpha value is -1.71. The van der Waals surface area contributed by atoms with E-state index in [4.69, 9.17) is 11.2 Å². The number of sulfonamides is 1. The van der Waals surface area contributed by atoms with Crippen LogP contribution in [0.5, 0.6) is 5.75 Å². The highest BCUT2D eigenvalue weighted by Gasteiger charge is 2.26. The number of rotatable bonds is 2. The Kier molecular flexibility index (Phi) is 3.45. The average molecular weight is 266 g/mol. The minimum Gasteiger partial charge on any atom is -0.490 e. The van der Waals surface area contributed by atoms with Gasteiger partial charge in [0.1, 0.15) is 17.3 Å². The second kappa shape index (κ2) is 4.88. The predicted octanol–water partition coefficient (Wildman–Crippen LogP) is 0.791. The molecule has 0 unspecified atom stereocenters. The van der Waals surface area contributed by atoms with Gasteiger partial charge < -0.3 is 10.1 Å². The maximum Gasteiger partial charge on any atom is 0.244 e. The van der Waals surface area contributed by atoms with Crippen LogP contribution in [0.25, 0.3) is 0 Å². The lowest BCUT2D eigenvalue weighted by molar-refractivity contribution is 0.288. The number of fused-ring (bicyclic) bond motifs is 1. The molecule has 0 aromatic heterocycles. The van der Waals surface area contributed by atoms with Gasteiger partial charge in [0.2, 0.25) is 10.0 Å². The van der Waals surface area contributed by atoms with Gasteiger partial charge in [-0.2, -0.15) is 0 Å². The molecule has 0 saturated carbocycles. The first-order chi connectivity index (χ1) is 8.53. The van der Waals surface area contributed by atoms with E-state index in [2.05, 4.69) is 16.0 Å². The maximum absolute atomic E-state index is 12.0. The van der Waals surface area contributed by atoms with E-state index in [1.165, 1.54) is 6.07 Å². The summed E-state index contributed by atoms with van der Waals surface area (Å²) in [5, 5.41) is 2.97. The normalized spacial score (nSPS) is 21.0. The molecular weight excluding hydrogens is 252 g/mol. The Morgan fingerprint density at radius 1 is 1.61 bits per heavy atom. The molecule has 1 heterocycles. The van der Waals surface area contributed by atoms with Crippen LogP contribution >= 0.6 is 0 Å². The van der Waals surface area contributed by atoms with Crippen molar-refractivity contribution in [3.05, 3.63) is 18.2 Å². The Morgan fingerprint density at radius 3 is 3.11 bits per heavy atom. The molecule has 1 aromatic carbocycles. The molecule has 2 N–H and O–H groups in total. The molecule has 96 valence electrons. The smallest absolute Gasteiger partial charge is 0.244 e. The summed E-state index contributed by atoms with van der Waals surface area (Å²) in [5.41, 5.74) is 0.733. The number of hydrogen-bond acceptors (Lipinski definition) is 4. The van der Waals surface area contributed by atoms with Crippen LogP contribution in [0.1, 0.15) is 6.92 Å². The summed E-state index contributed by atoms with van der Waals surface area (Å²) in [4.78, 5) is 0.151. The fourth-order valence-electron chi connectivity index (χ4n) is 1.68. The quantitative estimate of drug-likeness (QED) is 0.777. The van der Waals surface area contributed by atoms with Crippen molar-refractivity contribution >= 4 is 15.7 Å². The summed E-state index contributed by atoms with van der Waals surface area (Å²) >= 11 is 0. The molecule has 0 spiro atoms. The van der Waals surface area contributed by atoms with Crippen molar-refractivity contribution in [3.8, 4) is 18.1 Å². The van der Waals surface area contributed by atoms with Crippen molar-refractivity contribution in [2.75, 3.05) is 18.5 Å². The Balaban J connectivity index is 2.39. The fourth-order valence-corrected chi connectivity index (χ4v) is 3.04. The van der Waals surface area contributed by atoms with Crippen LogP contribution in [0, 0.1) is 12.3 Å². The molecule has 0 bridgehead atoms. The van der Waals surface area contributed by atoms with Crippen molar-refractivity contribution in [2.24, 2.45) is 0 Å². The number of hydrogen-bond donors (Lipinski definition) is 2. The van der Waals surface area contributed by atoms with Gasteiger partial charge in [0.25, 0.3) is 0 Å². The SMILES string of the molecule is C#CCNc1ccc2c(c1)OC[C@@H](C)NS2(=O)=O. The summed E-state index contributed by atoms with van der Waals surface area (Å²) < 4.78 is 32.0. The standard InChI is InChI=1S/C12H14N2O3S/c1-3-6-13-10-4-5-12-11(7-10)17-8-9(2)14-18(12,15)16/h1,4-5,7,9,13-14H,6,8H2,2H3/t9-/m1/s1. The van der Waals surface area contributed by atoms with E-state index >= 15 is 0 Å². The molecule has 0 saturated heterocycles. The highest BCUT2D eigenvalue weighted by molar-refractivity contribution is 7.89. The minimum absolute atomic E-state index is 0.151. The fraction of sp³-hybridized carbons (Fsp3) is 0.333. The van der Waals surface area contributed by atoms with E-state index in [0.717, 1.165) is 5.69 Å². The van der Waals surface area contributed by atoms with Crippen LogP contribution in [0.4, 0.5) is 5.69 Å². The van der Waals surface area contributed by atoms with Gasteiger partial charge >= 0.3 is 0 Å². The van der Waals surface area contributed by atoms with E-state index in [-0.39, 0.29) is 10.9 Å². The van der Waals surface area contributed by atoms with E-state index < -0.39 is 10.0 Å². The van der Waals surface area contributed by atoms with Gasteiger partial charge in [0, 0.05) is 11.8 Å². The van der Waals surface area contributed by atoms with Gasteiger partial charge in [-0.3, -0.25) is 0 Å². The average Bonchev–Trinajstić information content (AvgIpc) is 2.43. The first-order valence-corrected chi connectivity index (χ1v) is 6.98. The molecule has 18 heavy (non-hydrogen) atoms. The Bertz CT molecular complexity index is 590. The second-order valence-electron chi connectivity index (χ2n) is 4.05. The molecule has 0 aliphatic carbocycles. The van der Waals surface area contributed by atoms with Crippen LogP contribution in [0.3, 0.4) is 0 Å². The first kappa shape index (κ1) is 12.7. The Morgan fingerprint density at radius 2 is 2.39 bits per heavy atom. The van der Waals surface area contributed by atoms with Crippen molar-refractivity contribution in [1.82, 2.24) is 4.72 Å². The first-order valence-electron chi connectivity index (χ1n) is 5.49. The van der Waals surface area contributed by atoms with Crippen LogP contribution in [-0.4, -0.2) is 27.6 Å². The predicted molar refractivity (Wildman–Crippen MR) is 69.0 cm³/mol. The van der Waals surface area contributed by atoms with Crippen LogP contribution in [0.2, 0.25) is 0 Å². The molecule has 2 rings (SSSR count).